The highest BCUT2D eigenvalue weighted by molar-refractivity contribution is 7.92. The zero-order chi connectivity index (χ0) is 19.6. The summed E-state index contributed by atoms with van der Waals surface area (Å²) in [4.78, 5) is 12.6. The van der Waals surface area contributed by atoms with Crippen LogP contribution in [0, 0.1) is 20.8 Å². The van der Waals surface area contributed by atoms with Gasteiger partial charge in [-0.3, -0.25) is 9.10 Å². The zero-order valence-electron chi connectivity index (χ0n) is 16.1. The zero-order valence-corrected chi connectivity index (χ0v) is 16.9. The van der Waals surface area contributed by atoms with E-state index < -0.39 is 10.0 Å². The Balaban J connectivity index is 2.19. The third-order valence-electron chi connectivity index (χ3n) is 4.67. The molecule has 1 atom stereocenters. The van der Waals surface area contributed by atoms with Crippen LogP contribution in [0.2, 0.25) is 0 Å². The van der Waals surface area contributed by atoms with Gasteiger partial charge in [0.15, 0.2) is 0 Å². The molecule has 26 heavy (non-hydrogen) atoms. The predicted octanol–water partition coefficient (Wildman–Crippen LogP) is 3.50. The van der Waals surface area contributed by atoms with Crippen LogP contribution in [0.25, 0.3) is 0 Å². The van der Waals surface area contributed by atoms with Crippen LogP contribution in [-0.2, 0) is 10.0 Å². The number of rotatable bonds is 5. The molecular formula is C20H26N2O3S. The fourth-order valence-corrected chi connectivity index (χ4v) is 3.29. The molecule has 1 amide bonds. The van der Waals surface area contributed by atoms with Crippen molar-refractivity contribution in [3.63, 3.8) is 0 Å². The minimum Gasteiger partial charge on any atom is -0.346 e. The van der Waals surface area contributed by atoms with E-state index in [2.05, 4.69) is 18.3 Å². The first-order valence-corrected chi connectivity index (χ1v) is 10.3. The summed E-state index contributed by atoms with van der Waals surface area (Å²) >= 11 is 0. The third kappa shape index (κ3) is 4.43. The number of hydrogen-bond donors (Lipinski definition) is 1. The Hall–Kier alpha value is -2.34. The van der Waals surface area contributed by atoms with Crippen molar-refractivity contribution < 1.29 is 13.2 Å². The van der Waals surface area contributed by atoms with E-state index in [1.807, 2.05) is 26.0 Å². The smallest absolute Gasteiger partial charge is 0.251 e. The third-order valence-corrected chi connectivity index (χ3v) is 5.87. The first-order valence-electron chi connectivity index (χ1n) is 8.43. The van der Waals surface area contributed by atoms with Crippen LogP contribution < -0.4 is 9.62 Å². The summed E-state index contributed by atoms with van der Waals surface area (Å²) in [5.74, 6) is -0.188. The van der Waals surface area contributed by atoms with Gasteiger partial charge in [0, 0.05) is 12.6 Å². The minimum absolute atomic E-state index is 0.125. The van der Waals surface area contributed by atoms with Gasteiger partial charge < -0.3 is 5.32 Å². The first kappa shape index (κ1) is 20.0. The Morgan fingerprint density at radius 1 is 1.00 bits per heavy atom. The van der Waals surface area contributed by atoms with Crippen molar-refractivity contribution in [3.8, 4) is 0 Å². The van der Waals surface area contributed by atoms with Crippen LogP contribution in [-0.4, -0.2) is 27.6 Å². The number of sulfonamides is 1. The second-order valence-electron chi connectivity index (χ2n) is 6.77. The van der Waals surface area contributed by atoms with E-state index in [9.17, 15) is 13.2 Å². The molecule has 0 spiro atoms. The summed E-state index contributed by atoms with van der Waals surface area (Å²) in [7, 11) is -1.84. The van der Waals surface area contributed by atoms with Crippen molar-refractivity contribution in [2.75, 3.05) is 17.6 Å². The summed E-state index contributed by atoms with van der Waals surface area (Å²) in [5.41, 5.74) is 5.24. The topological polar surface area (TPSA) is 66.5 Å². The Labute approximate surface area is 156 Å². The minimum atomic E-state index is -3.34. The van der Waals surface area contributed by atoms with E-state index in [1.54, 1.807) is 25.1 Å². The Bertz CT molecular complexity index is 936. The van der Waals surface area contributed by atoms with Gasteiger partial charge in [0.2, 0.25) is 10.0 Å². The van der Waals surface area contributed by atoms with E-state index in [0.717, 1.165) is 17.4 Å². The molecule has 2 aromatic rings. The van der Waals surface area contributed by atoms with Crippen LogP contribution in [0.4, 0.5) is 5.69 Å². The highest BCUT2D eigenvalue weighted by Gasteiger charge is 2.17. The molecule has 0 bridgehead atoms. The van der Waals surface area contributed by atoms with Gasteiger partial charge in [-0.25, -0.2) is 8.42 Å². The van der Waals surface area contributed by atoms with Crippen molar-refractivity contribution in [2.24, 2.45) is 0 Å². The summed E-state index contributed by atoms with van der Waals surface area (Å²) in [6.45, 7) is 7.84. The fourth-order valence-electron chi connectivity index (χ4n) is 2.73. The van der Waals surface area contributed by atoms with E-state index in [1.165, 1.54) is 22.5 Å². The van der Waals surface area contributed by atoms with E-state index in [0.29, 0.717) is 11.3 Å². The van der Waals surface area contributed by atoms with Crippen LogP contribution in [0.15, 0.2) is 36.4 Å². The predicted molar refractivity (Wildman–Crippen MR) is 106 cm³/mol. The second kappa shape index (κ2) is 7.50. The maximum Gasteiger partial charge on any atom is 0.251 e. The molecule has 5 nitrogen and oxygen atoms in total. The van der Waals surface area contributed by atoms with Crippen molar-refractivity contribution in [2.45, 2.75) is 33.7 Å². The highest BCUT2D eigenvalue weighted by atomic mass is 32.2. The number of carbonyl (C=O) groups is 1. The Kier molecular flexibility index (Phi) is 5.76. The molecule has 0 aliphatic rings. The van der Waals surface area contributed by atoms with Crippen LogP contribution in [0.3, 0.4) is 0 Å². The lowest BCUT2D eigenvalue weighted by molar-refractivity contribution is 0.0940. The van der Waals surface area contributed by atoms with Gasteiger partial charge in [-0.15, -0.1) is 0 Å². The molecule has 0 saturated heterocycles. The SMILES string of the molecule is Cc1ccc([C@H](C)NC(=O)c2ccc(N(C)S(C)(=O)=O)c(C)c2)cc1C. The molecule has 0 heterocycles. The van der Waals surface area contributed by atoms with E-state index in [4.69, 9.17) is 0 Å². The van der Waals surface area contributed by atoms with Gasteiger partial charge >= 0.3 is 0 Å². The summed E-state index contributed by atoms with van der Waals surface area (Å²) < 4.78 is 24.6. The molecule has 2 aromatic carbocycles. The number of benzene rings is 2. The van der Waals surface area contributed by atoms with Gasteiger partial charge in [-0.05, 0) is 68.1 Å². The van der Waals surface area contributed by atoms with E-state index >= 15 is 0 Å². The quantitative estimate of drug-likeness (QED) is 0.871. The second-order valence-corrected chi connectivity index (χ2v) is 8.78. The molecule has 0 radical (unpaired) electrons. The van der Waals surface area contributed by atoms with Gasteiger partial charge in [0.05, 0.1) is 18.0 Å². The van der Waals surface area contributed by atoms with Crippen LogP contribution in [0.5, 0.6) is 0 Å². The molecule has 0 aromatic heterocycles. The average Bonchev–Trinajstić information content (AvgIpc) is 2.55. The molecular weight excluding hydrogens is 348 g/mol. The normalized spacial score (nSPS) is 12.5. The van der Waals surface area contributed by atoms with Crippen molar-refractivity contribution in [1.82, 2.24) is 5.32 Å². The number of nitrogens with zero attached hydrogens (tertiary/aromatic N) is 1. The molecule has 6 heteroatoms. The lowest BCUT2D eigenvalue weighted by atomic mass is 10.0. The molecule has 0 saturated carbocycles. The number of anilines is 1. The number of aryl methyl sites for hydroxylation is 3. The molecule has 0 aliphatic heterocycles. The number of carbonyl (C=O) groups excluding carboxylic acids is 1. The average molecular weight is 375 g/mol. The van der Waals surface area contributed by atoms with Gasteiger partial charge in [-0.2, -0.15) is 0 Å². The summed E-state index contributed by atoms with van der Waals surface area (Å²) in [6.07, 6.45) is 1.15. The number of hydrogen-bond acceptors (Lipinski definition) is 3. The molecule has 0 unspecified atom stereocenters. The maximum absolute atomic E-state index is 12.6. The van der Waals surface area contributed by atoms with Crippen molar-refractivity contribution >= 4 is 21.6 Å². The standard InChI is InChI=1S/C20H26N2O3S/c1-13-7-8-17(11-14(13)2)16(4)21-20(23)18-9-10-19(15(3)12-18)22(5)26(6,24)25/h7-12,16H,1-6H3,(H,21,23)/t16-/m0/s1. The Morgan fingerprint density at radius 2 is 1.65 bits per heavy atom. The van der Waals surface area contributed by atoms with E-state index in [-0.39, 0.29) is 11.9 Å². The molecule has 0 aliphatic carbocycles. The van der Waals surface area contributed by atoms with Crippen molar-refractivity contribution in [3.05, 3.63) is 64.2 Å². The van der Waals surface area contributed by atoms with Gasteiger partial charge in [0.1, 0.15) is 0 Å². The molecule has 0 fully saturated rings. The highest BCUT2D eigenvalue weighted by Crippen LogP contribution is 2.23. The lowest BCUT2D eigenvalue weighted by Gasteiger charge is -2.20. The fraction of sp³-hybridized carbons (Fsp3) is 0.350. The monoisotopic (exact) mass is 374 g/mol. The molecule has 140 valence electrons. The summed E-state index contributed by atoms with van der Waals surface area (Å²) in [5, 5.41) is 2.99. The lowest BCUT2D eigenvalue weighted by Crippen LogP contribution is -2.28. The van der Waals surface area contributed by atoms with Crippen LogP contribution in [0.1, 0.15) is 45.6 Å². The number of nitrogens with one attached hydrogen (secondary N) is 1. The van der Waals surface area contributed by atoms with Gasteiger partial charge in [-0.1, -0.05) is 18.2 Å². The van der Waals surface area contributed by atoms with Crippen molar-refractivity contribution in [1.29, 1.82) is 0 Å². The number of amides is 1. The molecule has 2 rings (SSSR count). The largest absolute Gasteiger partial charge is 0.346 e. The summed E-state index contributed by atoms with van der Waals surface area (Å²) in [6, 6.07) is 11.0. The molecule has 1 N–H and O–H groups in total. The Morgan fingerprint density at radius 3 is 2.19 bits per heavy atom. The van der Waals surface area contributed by atoms with Gasteiger partial charge in [0.25, 0.3) is 5.91 Å². The van der Waals surface area contributed by atoms with Crippen LogP contribution >= 0.6 is 0 Å². The maximum atomic E-state index is 12.6. The first-order chi connectivity index (χ1) is 12.0.